The van der Waals surface area contributed by atoms with Gasteiger partial charge in [0.25, 0.3) is 5.91 Å². The molecule has 0 spiro atoms. The van der Waals surface area contributed by atoms with Crippen LogP contribution < -0.4 is 4.74 Å². The maximum absolute atomic E-state index is 12.0. The zero-order valence-electron chi connectivity index (χ0n) is 11.2. The number of benzene rings is 1. The van der Waals surface area contributed by atoms with Gasteiger partial charge in [-0.05, 0) is 18.2 Å². The van der Waals surface area contributed by atoms with Crippen molar-refractivity contribution in [1.82, 2.24) is 9.88 Å². The molecule has 0 radical (unpaired) electrons. The number of carboxylic acid groups (broad SMARTS) is 1. The third-order valence-corrected chi connectivity index (χ3v) is 2.86. The van der Waals surface area contributed by atoms with Crippen molar-refractivity contribution in [3.8, 4) is 5.75 Å². The Balaban J connectivity index is 2.32. The van der Waals surface area contributed by atoms with Gasteiger partial charge >= 0.3 is 5.97 Å². The highest BCUT2D eigenvalue weighted by Crippen LogP contribution is 2.20. The minimum Gasteiger partial charge on any atom is -0.497 e. The number of methoxy groups -OCH3 is 1. The summed E-state index contributed by atoms with van der Waals surface area (Å²) >= 11 is 0. The Bertz CT molecular complexity index is 669. The van der Waals surface area contributed by atoms with E-state index in [1.54, 1.807) is 31.4 Å². The van der Waals surface area contributed by atoms with Gasteiger partial charge < -0.3 is 14.7 Å². The number of hydrogen-bond donors (Lipinski definition) is 1. The Morgan fingerprint density at radius 1 is 1.35 bits per heavy atom. The SMILES string of the molecule is COc1ccc2cc(C(=O)N(C)CC(=O)O)cnc2c1. The van der Waals surface area contributed by atoms with Crippen LogP contribution in [-0.4, -0.2) is 47.6 Å². The number of nitrogens with zero attached hydrogens (tertiary/aromatic N) is 2. The summed E-state index contributed by atoms with van der Waals surface area (Å²) < 4.78 is 5.10. The highest BCUT2D eigenvalue weighted by molar-refractivity contribution is 5.98. The Labute approximate surface area is 115 Å². The molecule has 2 aromatic rings. The first-order valence-corrected chi connectivity index (χ1v) is 5.92. The van der Waals surface area contributed by atoms with Gasteiger partial charge in [-0.2, -0.15) is 0 Å². The van der Waals surface area contributed by atoms with Gasteiger partial charge in [0.2, 0.25) is 0 Å². The quantitative estimate of drug-likeness (QED) is 0.911. The van der Waals surface area contributed by atoms with Gasteiger partial charge in [0.1, 0.15) is 12.3 Å². The second-order valence-corrected chi connectivity index (χ2v) is 4.34. The largest absolute Gasteiger partial charge is 0.497 e. The topological polar surface area (TPSA) is 79.7 Å². The van der Waals surface area contributed by atoms with Crippen molar-refractivity contribution in [2.75, 3.05) is 20.7 Å². The maximum atomic E-state index is 12.0. The smallest absolute Gasteiger partial charge is 0.323 e. The van der Waals surface area contributed by atoms with Gasteiger partial charge in [0.15, 0.2) is 0 Å². The second-order valence-electron chi connectivity index (χ2n) is 4.34. The number of pyridine rings is 1. The van der Waals surface area contributed by atoms with Gasteiger partial charge in [-0.15, -0.1) is 0 Å². The van der Waals surface area contributed by atoms with Crippen molar-refractivity contribution in [3.05, 3.63) is 36.0 Å². The fourth-order valence-corrected chi connectivity index (χ4v) is 1.84. The molecule has 6 heteroatoms. The van der Waals surface area contributed by atoms with Crippen LogP contribution in [0.2, 0.25) is 0 Å². The highest BCUT2D eigenvalue weighted by Gasteiger charge is 2.15. The molecule has 0 atom stereocenters. The molecule has 1 aromatic carbocycles. The molecule has 0 aliphatic rings. The number of rotatable bonds is 4. The van der Waals surface area contributed by atoms with Crippen molar-refractivity contribution in [1.29, 1.82) is 0 Å². The summed E-state index contributed by atoms with van der Waals surface area (Å²) in [4.78, 5) is 28.0. The number of carbonyl (C=O) groups excluding carboxylic acids is 1. The molecule has 0 saturated heterocycles. The molecule has 1 aromatic heterocycles. The van der Waals surface area contributed by atoms with Crippen molar-refractivity contribution in [3.63, 3.8) is 0 Å². The molecule has 0 fully saturated rings. The summed E-state index contributed by atoms with van der Waals surface area (Å²) in [6.45, 7) is -0.348. The van der Waals surface area contributed by atoms with Crippen LogP contribution in [0.25, 0.3) is 10.9 Å². The number of likely N-dealkylation sites (N-methyl/N-ethyl adjacent to an activating group) is 1. The molecular formula is C14H14N2O4. The van der Waals surface area contributed by atoms with E-state index in [2.05, 4.69) is 4.98 Å². The molecule has 20 heavy (non-hydrogen) atoms. The first-order valence-electron chi connectivity index (χ1n) is 5.92. The normalized spacial score (nSPS) is 10.3. The van der Waals surface area contributed by atoms with Crippen LogP contribution in [0.15, 0.2) is 30.5 Å². The Kier molecular flexibility index (Phi) is 3.84. The lowest BCUT2D eigenvalue weighted by molar-refractivity contribution is -0.137. The van der Waals surface area contributed by atoms with Crippen LogP contribution in [0.3, 0.4) is 0 Å². The van der Waals surface area contributed by atoms with Crippen molar-refractivity contribution >= 4 is 22.8 Å². The molecule has 0 aliphatic carbocycles. The van der Waals surface area contributed by atoms with E-state index in [-0.39, 0.29) is 12.5 Å². The van der Waals surface area contributed by atoms with Crippen LogP contribution in [0.4, 0.5) is 0 Å². The molecule has 6 nitrogen and oxygen atoms in total. The van der Waals surface area contributed by atoms with E-state index in [1.807, 2.05) is 0 Å². The van der Waals surface area contributed by atoms with Gasteiger partial charge in [0, 0.05) is 24.7 Å². The Morgan fingerprint density at radius 3 is 2.75 bits per heavy atom. The monoisotopic (exact) mass is 274 g/mol. The number of ether oxygens (including phenoxy) is 1. The molecule has 1 heterocycles. The molecule has 1 N–H and O–H groups in total. The van der Waals surface area contributed by atoms with E-state index in [9.17, 15) is 9.59 Å². The Morgan fingerprint density at radius 2 is 2.10 bits per heavy atom. The molecule has 0 aliphatic heterocycles. The van der Waals surface area contributed by atoms with E-state index in [4.69, 9.17) is 9.84 Å². The van der Waals surface area contributed by atoms with E-state index in [0.29, 0.717) is 16.8 Å². The van der Waals surface area contributed by atoms with E-state index >= 15 is 0 Å². The Hall–Kier alpha value is -2.63. The van der Waals surface area contributed by atoms with Crippen LogP contribution in [0.1, 0.15) is 10.4 Å². The van der Waals surface area contributed by atoms with Crippen molar-refractivity contribution < 1.29 is 19.4 Å². The summed E-state index contributed by atoms with van der Waals surface area (Å²) in [5.41, 5.74) is 1.06. The first kappa shape index (κ1) is 13.8. The molecular weight excluding hydrogens is 260 g/mol. The summed E-state index contributed by atoms with van der Waals surface area (Å²) in [6, 6.07) is 7.03. The lowest BCUT2D eigenvalue weighted by Gasteiger charge is -2.14. The third kappa shape index (κ3) is 2.85. The zero-order chi connectivity index (χ0) is 14.7. The van der Waals surface area contributed by atoms with Gasteiger partial charge in [-0.25, -0.2) is 0 Å². The highest BCUT2D eigenvalue weighted by atomic mass is 16.5. The number of carboxylic acids is 1. The van der Waals surface area contributed by atoms with Gasteiger partial charge in [-0.1, -0.05) is 0 Å². The van der Waals surface area contributed by atoms with E-state index in [0.717, 1.165) is 10.3 Å². The minimum atomic E-state index is -1.06. The standard InChI is InChI=1S/C14H14N2O4/c1-16(8-13(17)18)14(19)10-5-9-3-4-11(20-2)6-12(9)15-7-10/h3-7H,8H2,1-2H3,(H,17,18). The number of aromatic nitrogens is 1. The average Bonchev–Trinajstić information content (AvgIpc) is 2.44. The van der Waals surface area contributed by atoms with E-state index < -0.39 is 5.97 Å². The number of amides is 1. The van der Waals surface area contributed by atoms with Crippen LogP contribution in [-0.2, 0) is 4.79 Å². The van der Waals surface area contributed by atoms with E-state index in [1.165, 1.54) is 13.2 Å². The summed E-state index contributed by atoms with van der Waals surface area (Å²) in [6.07, 6.45) is 1.43. The predicted octanol–water partition coefficient (Wildman–Crippen LogP) is 1.40. The average molecular weight is 274 g/mol. The van der Waals surface area contributed by atoms with Crippen LogP contribution >= 0.6 is 0 Å². The fraction of sp³-hybridized carbons (Fsp3) is 0.214. The van der Waals surface area contributed by atoms with Crippen LogP contribution in [0.5, 0.6) is 5.75 Å². The second kappa shape index (κ2) is 5.56. The number of carbonyl (C=O) groups is 2. The van der Waals surface area contributed by atoms with Crippen molar-refractivity contribution in [2.24, 2.45) is 0 Å². The van der Waals surface area contributed by atoms with Gasteiger partial charge in [-0.3, -0.25) is 14.6 Å². The number of aliphatic carboxylic acids is 1. The predicted molar refractivity (Wildman–Crippen MR) is 72.9 cm³/mol. The maximum Gasteiger partial charge on any atom is 0.323 e. The zero-order valence-corrected chi connectivity index (χ0v) is 11.2. The number of fused-ring (bicyclic) bond motifs is 1. The first-order chi connectivity index (χ1) is 9.51. The van der Waals surface area contributed by atoms with Crippen LogP contribution in [0, 0.1) is 0 Å². The summed E-state index contributed by atoms with van der Waals surface area (Å²) in [7, 11) is 3.01. The number of hydrogen-bond acceptors (Lipinski definition) is 4. The molecule has 0 saturated carbocycles. The summed E-state index contributed by atoms with van der Waals surface area (Å²) in [5.74, 6) is -0.746. The molecule has 2 rings (SSSR count). The molecule has 104 valence electrons. The third-order valence-electron chi connectivity index (χ3n) is 2.86. The lowest BCUT2D eigenvalue weighted by Crippen LogP contribution is -2.31. The summed E-state index contributed by atoms with van der Waals surface area (Å²) in [5, 5.41) is 9.48. The lowest BCUT2D eigenvalue weighted by atomic mass is 10.1. The minimum absolute atomic E-state index is 0.348. The van der Waals surface area contributed by atoms with Gasteiger partial charge in [0.05, 0.1) is 18.2 Å². The fourth-order valence-electron chi connectivity index (χ4n) is 1.84. The molecule has 0 bridgehead atoms. The molecule has 0 unspecified atom stereocenters. The molecule has 1 amide bonds. The van der Waals surface area contributed by atoms with Crippen molar-refractivity contribution in [2.45, 2.75) is 0 Å².